The van der Waals surface area contributed by atoms with E-state index < -0.39 is 5.97 Å². The number of rotatable bonds is 6. The highest BCUT2D eigenvalue weighted by Crippen LogP contribution is 2.26. The lowest BCUT2D eigenvalue weighted by molar-refractivity contribution is 0.0688. The van der Waals surface area contributed by atoms with Crippen LogP contribution >= 0.6 is 0 Å². The van der Waals surface area contributed by atoms with E-state index in [1.807, 2.05) is 13.8 Å². The van der Waals surface area contributed by atoms with Gasteiger partial charge in [-0.3, -0.25) is 0 Å². The van der Waals surface area contributed by atoms with Crippen molar-refractivity contribution < 1.29 is 19.4 Å². The van der Waals surface area contributed by atoms with Crippen LogP contribution in [0.2, 0.25) is 0 Å². The second-order valence-electron chi connectivity index (χ2n) is 3.72. The van der Waals surface area contributed by atoms with Crippen LogP contribution in [-0.2, 0) is 0 Å². The van der Waals surface area contributed by atoms with Gasteiger partial charge in [0.25, 0.3) is 0 Å². The number of methoxy groups -OCH3 is 1. The van der Waals surface area contributed by atoms with E-state index in [1.165, 1.54) is 13.2 Å². The van der Waals surface area contributed by atoms with Crippen LogP contribution in [0.5, 0.6) is 11.5 Å². The highest BCUT2D eigenvalue weighted by Gasteiger charge is 2.15. The van der Waals surface area contributed by atoms with Crippen LogP contribution in [-0.4, -0.2) is 24.3 Å². The van der Waals surface area contributed by atoms with Crippen molar-refractivity contribution in [2.45, 2.75) is 32.8 Å². The minimum Gasteiger partial charge on any atom is -0.497 e. The molecule has 0 amide bonds. The summed E-state index contributed by atoms with van der Waals surface area (Å²) in [6.45, 7) is 4.02. The number of ether oxygens (including phenoxy) is 2. The van der Waals surface area contributed by atoms with Gasteiger partial charge in [-0.15, -0.1) is 0 Å². The number of benzene rings is 1. The monoisotopic (exact) mass is 238 g/mol. The fourth-order valence-corrected chi connectivity index (χ4v) is 1.54. The maximum Gasteiger partial charge on any atom is 0.339 e. The largest absolute Gasteiger partial charge is 0.497 e. The Morgan fingerprint density at radius 3 is 2.47 bits per heavy atom. The van der Waals surface area contributed by atoms with Crippen LogP contribution in [0.1, 0.15) is 37.0 Å². The van der Waals surface area contributed by atoms with E-state index >= 15 is 0 Å². The molecule has 94 valence electrons. The second-order valence-corrected chi connectivity index (χ2v) is 3.72. The molecule has 1 aromatic carbocycles. The normalized spacial score (nSPS) is 10.4. The summed E-state index contributed by atoms with van der Waals surface area (Å²) in [6, 6.07) is 4.73. The first kappa shape index (κ1) is 13.4. The lowest BCUT2D eigenvalue weighted by Gasteiger charge is -2.17. The molecular weight excluding hydrogens is 220 g/mol. The van der Waals surface area contributed by atoms with Crippen LogP contribution in [0.3, 0.4) is 0 Å². The van der Waals surface area contributed by atoms with Crippen molar-refractivity contribution in [3.63, 3.8) is 0 Å². The molecule has 4 nitrogen and oxygen atoms in total. The zero-order chi connectivity index (χ0) is 12.8. The molecule has 1 N–H and O–H groups in total. The lowest BCUT2D eigenvalue weighted by atomic mass is 10.1. The van der Waals surface area contributed by atoms with Gasteiger partial charge in [-0.25, -0.2) is 4.79 Å². The van der Waals surface area contributed by atoms with Gasteiger partial charge in [0.15, 0.2) is 0 Å². The van der Waals surface area contributed by atoms with Gasteiger partial charge in [0, 0.05) is 6.07 Å². The zero-order valence-electron chi connectivity index (χ0n) is 10.4. The Kier molecular flexibility index (Phi) is 4.82. The third-order valence-corrected chi connectivity index (χ3v) is 2.62. The summed E-state index contributed by atoms with van der Waals surface area (Å²) in [5, 5.41) is 9.07. The van der Waals surface area contributed by atoms with Crippen molar-refractivity contribution in [2.24, 2.45) is 0 Å². The molecule has 0 radical (unpaired) electrons. The summed E-state index contributed by atoms with van der Waals surface area (Å²) in [6.07, 6.45) is 1.71. The van der Waals surface area contributed by atoms with E-state index in [0.717, 1.165) is 12.8 Å². The SMILES string of the molecule is CCC(CC)Oc1cc(OC)ccc1C(=O)O. The molecule has 0 aliphatic carbocycles. The van der Waals surface area contributed by atoms with Gasteiger partial charge in [-0.1, -0.05) is 13.8 Å². The number of carbonyl (C=O) groups is 1. The Morgan fingerprint density at radius 1 is 1.35 bits per heavy atom. The zero-order valence-corrected chi connectivity index (χ0v) is 10.4. The van der Waals surface area contributed by atoms with Crippen molar-refractivity contribution in [3.8, 4) is 11.5 Å². The van der Waals surface area contributed by atoms with Gasteiger partial charge >= 0.3 is 5.97 Å². The Labute approximate surface area is 101 Å². The fourth-order valence-electron chi connectivity index (χ4n) is 1.54. The molecule has 1 aromatic rings. The number of carboxylic acid groups (broad SMARTS) is 1. The number of aromatic carboxylic acids is 1. The Balaban J connectivity index is 3.04. The van der Waals surface area contributed by atoms with E-state index in [1.54, 1.807) is 12.1 Å². The average Bonchev–Trinajstić information content (AvgIpc) is 2.35. The summed E-state index contributed by atoms with van der Waals surface area (Å²) >= 11 is 0. The molecule has 4 heteroatoms. The van der Waals surface area contributed by atoms with Crippen LogP contribution in [0, 0.1) is 0 Å². The first-order chi connectivity index (χ1) is 8.12. The first-order valence-electron chi connectivity index (χ1n) is 5.70. The smallest absolute Gasteiger partial charge is 0.339 e. The highest BCUT2D eigenvalue weighted by molar-refractivity contribution is 5.91. The summed E-state index contributed by atoms with van der Waals surface area (Å²) in [4.78, 5) is 11.1. The van der Waals surface area contributed by atoms with Crippen LogP contribution in [0.15, 0.2) is 18.2 Å². The molecule has 0 heterocycles. The molecule has 0 atom stereocenters. The molecule has 0 unspecified atom stereocenters. The predicted molar refractivity (Wildman–Crippen MR) is 65.0 cm³/mol. The minimum atomic E-state index is -0.992. The van der Waals surface area contributed by atoms with Gasteiger partial charge in [0.2, 0.25) is 0 Å². The standard InChI is InChI=1S/C13H18O4/c1-4-9(5-2)17-12-8-10(16-3)6-7-11(12)13(14)15/h6-9H,4-5H2,1-3H3,(H,14,15). The van der Waals surface area contributed by atoms with Crippen molar-refractivity contribution in [1.82, 2.24) is 0 Å². The van der Waals surface area contributed by atoms with Gasteiger partial charge in [-0.2, -0.15) is 0 Å². The quantitative estimate of drug-likeness (QED) is 0.827. The van der Waals surface area contributed by atoms with E-state index in [4.69, 9.17) is 14.6 Å². The predicted octanol–water partition coefficient (Wildman–Crippen LogP) is 2.96. The first-order valence-corrected chi connectivity index (χ1v) is 5.70. The lowest BCUT2D eigenvalue weighted by Crippen LogP contribution is -2.15. The third kappa shape index (κ3) is 3.37. The van der Waals surface area contributed by atoms with Crippen LogP contribution in [0.25, 0.3) is 0 Å². The maximum atomic E-state index is 11.1. The minimum absolute atomic E-state index is 0.0280. The molecule has 1 rings (SSSR count). The fraction of sp³-hybridized carbons (Fsp3) is 0.462. The topological polar surface area (TPSA) is 55.8 Å². The molecule has 0 aliphatic heterocycles. The molecule has 0 spiro atoms. The summed E-state index contributed by atoms with van der Waals surface area (Å²) in [5.74, 6) is -0.0323. The van der Waals surface area contributed by atoms with Crippen molar-refractivity contribution in [1.29, 1.82) is 0 Å². The second kappa shape index (κ2) is 6.13. The van der Waals surface area contributed by atoms with Crippen LogP contribution < -0.4 is 9.47 Å². The molecule has 0 saturated carbocycles. The summed E-state index contributed by atoms with van der Waals surface area (Å²) in [7, 11) is 1.54. The Bertz CT molecular complexity index is 383. The van der Waals surface area contributed by atoms with Gasteiger partial charge in [0.1, 0.15) is 17.1 Å². The van der Waals surface area contributed by atoms with E-state index in [-0.39, 0.29) is 11.7 Å². The van der Waals surface area contributed by atoms with Crippen molar-refractivity contribution in [3.05, 3.63) is 23.8 Å². The van der Waals surface area contributed by atoms with E-state index in [0.29, 0.717) is 11.5 Å². The van der Waals surface area contributed by atoms with Crippen LogP contribution in [0.4, 0.5) is 0 Å². The molecule has 0 aromatic heterocycles. The summed E-state index contributed by atoms with van der Waals surface area (Å²) < 4.78 is 10.8. The highest BCUT2D eigenvalue weighted by atomic mass is 16.5. The Hall–Kier alpha value is -1.71. The molecule has 0 aliphatic rings. The van der Waals surface area contributed by atoms with E-state index in [9.17, 15) is 4.79 Å². The van der Waals surface area contributed by atoms with Gasteiger partial charge in [-0.05, 0) is 25.0 Å². The van der Waals surface area contributed by atoms with Crippen molar-refractivity contribution in [2.75, 3.05) is 7.11 Å². The Morgan fingerprint density at radius 2 is 2.00 bits per heavy atom. The molecule has 17 heavy (non-hydrogen) atoms. The molecule has 0 bridgehead atoms. The number of carboxylic acids is 1. The molecule has 0 saturated heterocycles. The maximum absolute atomic E-state index is 11.1. The van der Waals surface area contributed by atoms with E-state index in [2.05, 4.69) is 0 Å². The van der Waals surface area contributed by atoms with Gasteiger partial charge < -0.3 is 14.6 Å². The van der Waals surface area contributed by atoms with Crippen molar-refractivity contribution >= 4 is 5.97 Å². The third-order valence-electron chi connectivity index (χ3n) is 2.62. The molecule has 0 fully saturated rings. The summed E-state index contributed by atoms with van der Waals surface area (Å²) in [5.41, 5.74) is 0.165. The number of hydrogen-bond donors (Lipinski definition) is 1. The molecular formula is C13H18O4. The average molecular weight is 238 g/mol. The number of hydrogen-bond acceptors (Lipinski definition) is 3. The van der Waals surface area contributed by atoms with Gasteiger partial charge in [0.05, 0.1) is 13.2 Å².